The summed E-state index contributed by atoms with van der Waals surface area (Å²) in [5.41, 5.74) is -1.01. The summed E-state index contributed by atoms with van der Waals surface area (Å²) in [6.45, 7) is 3.13. The summed E-state index contributed by atoms with van der Waals surface area (Å²) in [5.74, 6) is -0.912. The molecule has 0 aromatic carbocycles. The quantitative estimate of drug-likeness (QED) is 0.498. The fourth-order valence-corrected chi connectivity index (χ4v) is 2.33. The normalized spacial score (nSPS) is 35.1. The molecule has 0 nitrogen and oxygen atoms in total. The number of hydrogen-bond donors (Lipinski definition) is 0. The molecule has 0 amide bonds. The van der Waals surface area contributed by atoms with Gasteiger partial charge in [-0.15, -0.1) is 0 Å². The largest absolute Gasteiger partial charge is 0.409 e. The Kier molecular flexibility index (Phi) is 3.56. The van der Waals surface area contributed by atoms with Gasteiger partial charge in [0.05, 0.1) is 0 Å². The van der Waals surface area contributed by atoms with E-state index in [1.54, 1.807) is 6.92 Å². The van der Waals surface area contributed by atoms with E-state index in [4.69, 9.17) is 0 Å². The first-order chi connectivity index (χ1) is 7.44. The molecular formula is C11H14F6. The van der Waals surface area contributed by atoms with Gasteiger partial charge in [-0.05, 0) is 23.7 Å². The molecule has 0 aromatic heterocycles. The van der Waals surface area contributed by atoms with Crippen LogP contribution >= 0.6 is 0 Å². The molecule has 0 saturated heterocycles. The summed E-state index contributed by atoms with van der Waals surface area (Å²) in [5, 5.41) is 0. The molecule has 1 rings (SSSR count). The summed E-state index contributed by atoms with van der Waals surface area (Å²) < 4.78 is 72.8. The first kappa shape index (κ1) is 14.4. The molecule has 6 heteroatoms. The van der Waals surface area contributed by atoms with Crippen molar-refractivity contribution in [2.45, 2.75) is 39.0 Å². The van der Waals surface area contributed by atoms with E-state index in [2.05, 4.69) is 0 Å². The Balaban J connectivity index is 2.75. The Hall–Kier alpha value is -0.680. The predicted octanol–water partition coefficient (Wildman–Crippen LogP) is 4.72. The van der Waals surface area contributed by atoms with Crippen LogP contribution < -0.4 is 0 Å². The van der Waals surface area contributed by atoms with E-state index in [9.17, 15) is 26.3 Å². The number of rotatable bonds is 2. The third kappa shape index (κ3) is 3.64. The minimum atomic E-state index is -4.47. The molecule has 0 aliphatic heterocycles. The molecular weight excluding hydrogens is 246 g/mol. The minimum absolute atomic E-state index is 0.0477. The Morgan fingerprint density at radius 2 is 1.71 bits per heavy atom. The zero-order valence-electron chi connectivity index (χ0n) is 9.49. The molecule has 100 valence electrons. The van der Waals surface area contributed by atoms with Gasteiger partial charge in [-0.3, -0.25) is 0 Å². The van der Waals surface area contributed by atoms with Crippen LogP contribution in [0, 0.1) is 17.3 Å². The number of halogens is 6. The summed E-state index contributed by atoms with van der Waals surface area (Å²) in [4.78, 5) is 0. The number of alkyl halides is 6. The van der Waals surface area contributed by atoms with Gasteiger partial charge in [-0.1, -0.05) is 19.9 Å². The van der Waals surface area contributed by atoms with Crippen LogP contribution in [0.15, 0.2) is 12.2 Å². The summed E-state index contributed by atoms with van der Waals surface area (Å²) in [7, 11) is 0. The highest BCUT2D eigenvalue weighted by Crippen LogP contribution is 2.56. The lowest BCUT2D eigenvalue weighted by molar-refractivity contribution is -0.170. The lowest BCUT2D eigenvalue weighted by Crippen LogP contribution is -2.46. The maximum absolute atomic E-state index is 12.2. The van der Waals surface area contributed by atoms with Crippen LogP contribution in [0.4, 0.5) is 26.3 Å². The lowest BCUT2D eigenvalue weighted by atomic mass is 9.53. The Bertz CT molecular complexity index is 300. The van der Waals surface area contributed by atoms with E-state index in [1.165, 1.54) is 6.92 Å². The van der Waals surface area contributed by atoms with Crippen LogP contribution in [-0.2, 0) is 0 Å². The molecule has 1 unspecified atom stereocenters. The fraction of sp³-hybridized carbons (Fsp3) is 0.818. The molecule has 1 aliphatic rings. The predicted molar refractivity (Wildman–Crippen MR) is 51.2 cm³/mol. The Morgan fingerprint density at radius 3 is 2.06 bits per heavy atom. The smallest absolute Gasteiger partial charge is 0.171 e. The second kappa shape index (κ2) is 4.21. The van der Waals surface area contributed by atoms with Crippen molar-refractivity contribution in [3.05, 3.63) is 12.2 Å². The fourth-order valence-electron chi connectivity index (χ4n) is 2.33. The first-order valence-corrected chi connectivity index (χ1v) is 5.28. The molecule has 0 aromatic rings. The van der Waals surface area contributed by atoms with Crippen LogP contribution in [0.1, 0.15) is 26.7 Å². The Labute approximate surface area is 95.7 Å². The molecule has 3 atom stereocenters. The second-order valence-corrected chi connectivity index (χ2v) is 4.89. The second-order valence-electron chi connectivity index (χ2n) is 4.89. The molecule has 1 aliphatic carbocycles. The van der Waals surface area contributed by atoms with Crippen molar-refractivity contribution >= 4 is 0 Å². The Morgan fingerprint density at radius 1 is 1.18 bits per heavy atom. The van der Waals surface area contributed by atoms with Crippen LogP contribution in [0.2, 0.25) is 0 Å². The minimum Gasteiger partial charge on any atom is -0.171 e. The topological polar surface area (TPSA) is 0 Å². The van der Waals surface area contributed by atoms with Gasteiger partial charge in [-0.25, -0.2) is 0 Å². The van der Waals surface area contributed by atoms with Crippen molar-refractivity contribution < 1.29 is 26.3 Å². The van der Waals surface area contributed by atoms with E-state index >= 15 is 0 Å². The highest BCUT2D eigenvalue weighted by Gasteiger charge is 2.51. The van der Waals surface area contributed by atoms with E-state index < -0.39 is 30.1 Å². The molecule has 0 spiro atoms. The van der Waals surface area contributed by atoms with Gasteiger partial charge in [0.15, 0.2) is 0 Å². The molecule has 0 bridgehead atoms. The van der Waals surface area contributed by atoms with Crippen LogP contribution in [-0.4, -0.2) is 12.4 Å². The number of allylic oxidation sites excluding steroid dienone is 2. The average molecular weight is 260 g/mol. The van der Waals surface area contributed by atoms with Gasteiger partial charge >= 0.3 is 12.4 Å². The van der Waals surface area contributed by atoms with Gasteiger partial charge in [0, 0.05) is 12.5 Å². The van der Waals surface area contributed by atoms with Crippen LogP contribution in [0.25, 0.3) is 0 Å². The van der Waals surface area contributed by atoms with Crippen molar-refractivity contribution in [1.29, 1.82) is 0 Å². The summed E-state index contributed by atoms with van der Waals surface area (Å²) >= 11 is 0. The molecule has 0 radical (unpaired) electrons. The van der Waals surface area contributed by atoms with E-state index in [0.717, 1.165) is 6.08 Å². The van der Waals surface area contributed by atoms with Gasteiger partial charge in [0.25, 0.3) is 0 Å². The maximum Gasteiger partial charge on any atom is 0.409 e. The standard InChI is InChI=1S/C11H14F6/c1-7-5-8(6-11(15,16)17)9(7,2)3-4-10(12,13)14/h3-4,7-8H,5-6H2,1-2H3/b4-3+/t7-,8?,9+/m1/s1. The zero-order valence-corrected chi connectivity index (χ0v) is 9.49. The van der Waals surface area contributed by atoms with Gasteiger partial charge in [0.2, 0.25) is 0 Å². The van der Waals surface area contributed by atoms with E-state index in [0.29, 0.717) is 6.42 Å². The molecule has 0 N–H and O–H groups in total. The van der Waals surface area contributed by atoms with Crippen molar-refractivity contribution in [3.8, 4) is 0 Å². The molecule has 0 heterocycles. The highest BCUT2D eigenvalue weighted by atomic mass is 19.4. The van der Waals surface area contributed by atoms with Crippen molar-refractivity contribution in [3.63, 3.8) is 0 Å². The van der Waals surface area contributed by atoms with Crippen molar-refractivity contribution in [2.75, 3.05) is 0 Å². The van der Waals surface area contributed by atoms with Crippen molar-refractivity contribution in [1.82, 2.24) is 0 Å². The van der Waals surface area contributed by atoms with Gasteiger partial charge in [0.1, 0.15) is 0 Å². The maximum atomic E-state index is 12.2. The summed E-state index contributed by atoms with van der Waals surface area (Å²) in [6.07, 6.45) is -8.56. The van der Waals surface area contributed by atoms with Crippen LogP contribution in [0.3, 0.4) is 0 Å². The third-order valence-corrected chi connectivity index (χ3v) is 3.69. The summed E-state index contributed by atoms with van der Waals surface area (Å²) in [6, 6.07) is 0. The average Bonchev–Trinajstić information content (AvgIpc) is 2.10. The molecule has 1 saturated carbocycles. The SMILES string of the molecule is C[C@@H]1CC(CC(F)(F)F)[C@@]1(C)/C=C/C(F)(F)F. The molecule has 17 heavy (non-hydrogen) atoms. The van der Waals surface area contributed by atoms with Crippen LogP contribution in [0.5, 0.6) is 0 Å². The highest BCUT2D eigenvalue weighted by molar-refractivity contribution is 5.11. The van der Waals surface area contributed by atoms with E-state index in [-0.39, 0.29) is 12.0 Å². The molecule has 1 fully saturated rings. The zero-order chi connectivity index (χ0) is 13.5. The van der Waals surface area contributed by atoms with Gasteiger partial charge < -0.3 is 0 Å². The monoisotopic (exact) mass is 260 g/mol. The lowest BCUT2D eigenvalue weighted by Gasteiger charge is -2.52. The van der Waals surface area contributed by atoms with Gasteiger partial charge in [-0.2, -0.15) is 26.3 Å². The van der Waals surface area contributed by atoms with Crippen molar-refractivity contribution in [2.24, 2.45) is 17.3 Å². The first-order valence-electron chi connectivity index (χ1n) is 5.28. The number of hydrogen-bond acceptors (Lipinski definition) is 0. The third-order valence-electron chi connectivity index (χ3n) is 3.69. The van der Waals surface area contributed by atoms with E-state index in [1.807, 2.05) is 0 Å².